The summed E-state index contributed by atoms with van der Waals surface area (Å²) in [5.74, 6) is -11.2. The summed E-state index contributed by atoms with van der Waals surface area (Å²) in [5.41, 5.74) is -0.602. The number of oxazole rings is 1. The van der Waals surface area contributed by atoms with Gasteiger partial charge in [0.1, 0.15) is 16.8 Å². The molecule has 0 aliphatic rings. The van der Waals surface area contributed by atoms with Crippen molar-refractivity contribution in [3.05, 3.63) is 77.1 Å². The number of nitrogens with one attached hydrogen (secondary N) is 1. The summed E-state index contributed by atoms with van der Waals surface area (Å²) in [6.45, 7) is 2.52. The first kappa shape index (κ1) is 22.3. The zero-order valence-corrected chi connectivity index (χ0v) is 17.0. The van der Waals surface area contributed by atoms with E-state index in [1.807, 2.05) is 6.92 Å². The summed E-state index contributed by atoms with van der Waals surface area (Å²) in [6, 6.07) is 10.6. The average Bonchev–Trinajstić information content (AvgIpc) is 3.23. The molecule has 0 saturated heterocycles. The highest BCUT2D eigenvalue weighted by Crippen LogP contribution is 2.33. The second-order valence-electron chi connectivity index (χ2n) is 6.97. The fourth-order valence-corrected chi connectivity index (χ4v) is 3.03. The van der Waals surface area contributed by atoms with E-state index in [0.717, 1.165) is 6.42 Å². The summed E-state index contributed by atoms with van der Waals surface area (Å²) in [5, 5.41) is 2.63. The molecule has 1 amide bonds. The lowest BCUT2D eigenvalue weighted by atomic mass is 10.1. The van der Waals surface area contributed by atoms with Crippen LogP contribution >= 0.6 is 0 Å². The number of hydrogen-bond donors (Lipinski definition) is 1. The van der Waals surface area contributed by atoms with Crippen molar-refractivity contribution in [2.75, 3.05) is 11.9 Å². The number of nitrogens with zero attached hydrogens (tertiary/aromatic N) is 1. The highest BCUT2D eigenvalue weighted by Gasteiger charge is 2.29. The molecule has 0 bridgehead atoms. The molecule has 1 heterocycles. The van der Waals surface area contributed by atoms with E-state index in [1.54, 1.807) is 24.3 Å². The Kier molecular flexibility index (Phi) is 5.99. The van der Waals surface area contributed by atoms with Gasteiger partial charge < -0.3 is 14.5 Å². The van der Waals surface area contributed by atoms with E-state index in [0.29, 0.717) is 17.9 Å². The standard InChI is InChI=1S/C23H15F5N2O3/c1-2-9-32-13-6-3-11(4-7-13)22(31)29-12-5-8-15-14(10-12)30-23(33-15)16-17(24)19(26)21(28)20(27)18(16)25/h3-8,10H,2,9H2,1H3,(H,29,31). The third kappa shape index (κ3) is 4.23. The van der Waals surface area contributed by atoms with Gasteiger partial charge in [0.2, 0.25) is 11.7 Å². The maximum absolute atomic E-state index is 14.1. The number of aromatic nitrogens is 1. The summed E-state index contributed by atoms with van der Waals surface area (Å²) >= 11 is 0. The van der Waals surface area contributed by atoms with E-state index in [4.69, 9.17) is 9.15 Å². The van der Waals surface area contributed by atoms with E-state index >= 15 is 0 Å². The van der Waals surface area contributed by atoms with Crippen LogP contribution in [0, 0.1) is 29.1 Å². The van der Waals surface area contributed by atoms with E-state index in [-0.39, 0.29) is 16.8 Å². The molecule has 170 valence electrons. The molecule has 10 heteroatoms. The predicted molar refractivity (Wildman–Crippen MR) is 109 cm³/mol. The molecular weight excluding hydrogens is 447 g/mol. The molecule has 0 saturated carbocycles. The van der Waals surface area contributed by atoms with Crippen LogP contribution < -0.4 is 10.1 Å². The van der Waals surface area contributed by atoms with Gasteiger partial charge in [-0.2, -0.15) is 0 Å². The van der Waals surface area contributed by atoms with Crippen molar-refractivity contribution in [3.63, 3.8) is 0 Å². The Labute approximate surface area is 183 Å². The van der Waals surface area contributed by atoms with Gasteiger partial charge in [-0.15, -0.1) is 0 Å². The van der Waals surface area contributed by atoms with Crippen molar-refractivity contribution >= 4 is 22.7 Å². The van der Waals surface area contributed by atoms with Gasteiger partial charge in [0.15, 0.2) is 28.9 Å². The largest absolute Gasteiger partial charge is 0.494 e. The molecule has 1 aromatic heterocycles. The molecule has 33 heavy (non-hydrogen) atoms. The average molecular weight is 462 g/mol. The molecule has 0 spiro atoms. The van der Waals surface area contributed by atoms with Crippen molar-refractivity contribution in [2.24, 2.45) is 0 Å². The zero-order valence-electron chi connectivity index (χ0n) is 17.0. The molecule has 5 nitrogen and oxygen atoms in total. The number of halogens is 5. The summed E-state index contributed by atoms with van der Waals surface area (Å²) in [6.07, 6.45) is 0.846. The summed E-state index contributed by atoms with van der Waals surface area (Å²) in [4.78, 5) is 16.3. The number of rotatable bonds is 6. The first-order valence-corrected chi connectivity index (χ1v) is 9.76. The maximum atomic E-state index is 14.1. The van der Waals surface area contributed by atoms with Crippen LogP contribution in [0.5, 0.6) is 5.75 Å². The SMILES string of the molecule is CCCOc1ccc(C(=O)Nc2ccc3oc(-c4c(F)c(F)c(F)c(F)c4F)nc3c2)cc1. The third-order valence-corrected chi connectivity index (χ3v) is 4.66. The highest BCUT2D eigenvalue weighted by molar-refractivity contribution is 6.05. The maximum Gasteiger partial charge on any atom is 0.255 e. The first-order valence-electron chi connectivity index (χ1n) is 9.76. The number of anilines is 1. The highest BCUT2D eigenvalue weighted by atomic mass is 19.2. The minimum absolute atomic E-state index is 0.0179. The van der Waals surface area contributed by atoms with Crippen LogP contribution in [0.15, 0.2) is 46.9 Å². The Hall–Kier alpha value is -3.95. The molecule has 0 unspecified atom stereocenters. The fraction of sp³-hybridized carbons (Fsp3) is 0.130. The van der Waals surface area contributed by atoms with Gasteiger partial charge in [-0.05, 0) is 48.9 Å². The van der Waals surface area contributed by atoms with Crippen LogP contribution in [0.1, 0.15) is 23.7 Å². The second-order valence-corrected chi connectivity index (χ2v) is 6.97. The molecule has 1 N–H and O–H groups in total. The van der Waals surface area contributed by atoms with Gasteiger partial charge >= 0.3 is 0 Å². The van der Waals surface area contributed by atoms with Gasteiger partial charge in [0.25, 0.3) is 5.91 Å². The quantitative estimate of drug-likeness (QED) is 0.210. The molecule has 4 aromatic rings. The molecule has 0 aliphatic carbocycles. The lowest BCUT2D eigenvalue weighted by Gasteiger charge is -2.07. The van der Waals surface area contributed by atoms with E-state index in [2.05, 4.69) is 10.3 Å². The molecule has 4 rings (SSSR count). The van der Waals surface area contributed by atoms with Gasteiger partial charge in [-0.25, -0.2) is 26.9 Å². The Bertz CT molecular complexity index is 1320. The molecule has 0 atom stereocenters. The smallest absolute Gasteiger partial charge is 0.255 e. The lowest BCUT2D eigenvalue weighted by molar-refractivity contribution is 0.102. The molecule has 0 fully saturated rings. The zero-order chi connectivity index (χ0) is 23.7. The van der Waals surface area contributed by atoms with Gasteiger partial charge in [-0.3, -0.25) is 4.79 Å². The molecule has 0 aliphatic heterocycles. The van der Waals surface area contributed by atoms with Gasteiger partial charge in [0, 0.05) is 11.3 Å². The van der Waals surface area contributed by atoms with Gasteiger partial charge in [0.05, 0.1) is 6.61 Å². The van der Waals surface area contributed by atoms with E-state index in [1.165, 1.54) is 18.2 Å². The fourth-order valence-electron chi connectivity index (χ4n) is 3.03. The number of carbonyl (C=O) groups is 1. The topological polar surface area (TPSA) is 64.4 Å². The summed E-state index contributed by atoms with van der Waals surface area (Å²) in [7, 11) is 0. The van der Waals surface area contributed by atoms with Gasteiger partial charge in [-0.1, -0.05) is 6.92 Å². The number of carbonyl (C=O) groups excluding carboxylic acids is 1. The second kappa shape index (κ2) is 8.89. The third-order valence-electron chi connectivity index (χ3n) is 4.66. The number of hydrogen-bond acceptors (Lipinski definition) is 4. The van der Waals surface area contributed by atoms with Crippen molar-refractivity contribution < 1.29 is 35.9 Å². The number of benzene rings is 3. The van der Waals surface area contributed by atoms with E-state index in [9.17, 15) is 26.7 Å². The van der Waals surface area contributed by atoms with Crippen LogP contribution in [0.2, 0.25) is 0 Å². The number of ether oxygens (including phenoxy) is 1. The Balaban J connectivity index is 1.60. The monoisotopic (exact) mass is 462 g/mol. The Morgan fingerprint density at radius 3 is 2.21 bits per heavy atom. The Morgan fingerprint density at radius 2 is 1.58 bits per heavy atom. The number of amides is 1. The van der Waals surface area contributed by atoms with Crippen molar-refractivity contribution in [2.45, 2.75) is 13.3 Å². The van der Waals surface area contributed by atoms with Crippen LogP contribution in [0.4, 0.5) is 27.6 Å². The minimum Gasteiger partial charge on any atom is -0.494 e. The van der Waals surface area contributed by atoms with Crippen molar-refractivity contribution in [1.29, 1.82) is 0 Å². The van der Waals surface area contributed by atoms with Crippen molar-refractivity contribution in [1.82, 2.24) is 4.98 Å². The Morgan fingerprint density at radius 1 is 0.939 bits per heavy atom. The van der Waals surface area contributed by atoms with Crippen LogP contribution in [0.25, 0.3) is 22.6 Å². The molecule has 3 aromatic carbocycles. The predicted octanol–water partition coefficient (Wildman–Crippen LogP) is 6.23. The summed E-state index contributed by atoms with van der Waals surface area (Å²) < 4.78 is 79.1. The number of fused-ring (bicyclic) bond motifs is 1. The van der Waals surface area contributed by atoms with Crippen molar-refractivity contribution in [3.8, 4) is 17.2 Å². The lowest BCUT2D eigenvalue weighted by Crippen LogP contribution is -2.11. The van der Waals surface area contributed by atoms with Crippen LogP contribution in [-0.4, -0.2) is 17.5 Å². The normalized spacial score (nSPS) is 11.1. The van der Waals surface area contributed by atoms with Crippen LogP contribution in [0.3, 0.4) is 0 Å². The minimum atomic E-state index is -2.28. The molecular formula is C23H15F5N2O3. The molecule has 0 radical (unpaired) electrons. The first-order chi connectivity index (χ1) is 15.8. The van der Waals surface area contributed by atoms with E-state index < -0.39 is 46.4 Å². The van der Waals surface area contributed by atoms with Crippen LogP contribution in [-0.2, 0) is 0 Å².